The van der Waals surface area contributed by atoms with Crippen LogP contribution < -0.4 is 0 Å². The van der Waals surface area contributed by atoms with Crippen molar-refractivity contribution in [1.29, 1.82) is 0 Å². The highest BCUT2D eigenvalue weighted by Gasteiger charge is 2.17. The third kappa shape index (κ3) is 3.08. The van der Waals surface area contributed by atoms with E-state index in [1.54, 1.807) is 0 Å². The second-order valence-corrected chi connectivity index (χ2v) is 6.52. The Hall–Kier alpha value is -2.86. The molecule has 1 aliphatic carbocycles. The van der Waals surface area contributed by atoms with Crippen molar-refractivity contribution >= 4 is 17.2 Å². The van der Waals surface area contributed by atoms with Crippen LogP contribution in [0.15, 0.2) is 84.9 Å². The van der Waals surface area contributed by atoms with Gasteiger partial charge in [0.15, 0.2) is 0 Å². The van der Waals surface area contributed by atoms with Crippen LogP contribution >= 0.6 is 0 Å². The van der Waals surface area contributed by atoms with Gasteiger partial charge in [0, 0.05) is 0 Å². The summed E-state index contributed by atoms with van der Waals surface area (Å²) >= 11 is 0. The molecule has 0 amide bonds. The molecule has 0 spiro atoms. The van der Waals surface area contributed by atoms with Crippen LogP contribution in [0.2, 0.25) is 0 Å². The van der Waals surface area contributed by atoms with Crippen molar-refractivity contribution < 1.29 is 0 Å². The summed E-state index contributed by atoms with van der Waals surface area (Å²) in [6.07, 6.45) is 7.02. The molecule has 3 aromatic rings. The van der Waals surface area contributed by atoms with Gasteiger partial charge >= 0.3 is 0 Å². The van der Waals surface area contributed by atoms with Crippen LogP contribution in [0.3, 0.4) is 0 Å². The summed E-state index contributed by atoms with van der Waals surface area (Å²) in [6.45, 7) is 2.25. The van der Waals surface area contributed by atoms with Gasteiger partial charge in [-0.3, -0.25) is 0 Å². The van der Waals surface area contributed by atoms with Crippen LogP contribution in [-0.2, 0) is 0 Å². The Kier molecular flexibility index (Phi) is 4.35. The van der Waals surface area contributed by atoms with E-state index in [1.807, 2.05) is 0 Å². The summed E-state index contributed by atoms with van der Waals surface area (Å²) in [5.41, 5.74) is 9.35. The maximum Gasteiger partial charge on any atom is -0.0108 e. The lowest BCUT2D eigenvalue weighted by Crippen LogP contribution is -1.85. The predicted molar refractivity (Wildman–Crippen MR) is 109 cm³/mol. The van der Waals surface area contributed by atoms with Crippen LogP contribution in [0.4, 0.5) is 0 Å². The Labute approximate surface area is 150 Å². The van der Waals surface area contributed by atoms with Gasteiger partial charge in [0.2, 0.25) is 0 Å². The van der Waals surface area contributed by atoms with Crippen LogP contribution in [0, 0.1) is 0 Å². The lowest BCUT2D eigenvalue weighted by Gasteiger charge is -2.08. The van der Waals surface area contributed by atoms with Crippen molar-refractivity contribution in [3.8, 4) is 11.1 Å². The van der Waals surface area contributed by atoms with Gasteiger partial charge in [-0.2, -0.15) is 0 Å². The number of benzene rings is 3. The van der Waals surface area contributed by atoms with E-state index in [9.17, 15) is 0 Å². The zero-order chi connectivity index (χ0) is 17.1. The van der Waals surface area contributed by atoms with E-state index in [4.69, 9.17) is 0 Å². The van der Waals surface area contributed by atoms with Crippen molar-refractivity contribution in [3.63, 3.8) is 0 Å². The van der Waals surface area contributed by atoms with E-state index >= 15 is 0 Å². The number of fused-ring (bicyclic) bond motifs is 1. The molecule has 1 aliphatic rings. The molecule has 0 heterocycles. The SMILES string of the molecule is CCCC1=C/C(=C\c2ccccc2-c2ccccc2)c2ccccc21. The highest BCUT2D eigenvalue weighted by atomic mass is 14.2. The Morgan fingerprint density at radius 1 is 0.680 bits per heavy atom. The summed E-state index contributed by atoms with van der Waals surface area (Å²) in [5.74, 6) is 0. The molecule has 0 aliphatic heterocycles. The molecule has 0 N–H and O–H groups in total. The molecular formula is C25H22. The maximum absolute atomic E-state index is 2.37. The molecule has 0 nitrogen and oxygen atoms in total. The minimum atomic E-state index is 1.13. The highest BCUT2D eigenvalue weighted by Crippen LogP contribution is 2.39. The van der Waals surface area contributed by atoms with E-state index in [0.29, 0.717) is 0 Å². The molecule has 0 saturated heterocycles. The van der Waals surface area contributed by atoms with Crippen LogP contribution in [0.5, 0.6) is 0 Å². The molecule has 122 valence electrons. The largest absolute Gasteiger partial charge is 0.0651 e. The molecule has 0 unspecified atom stereocenters. The van der Waals surface area contributed by atoms with E-state index < -0.39 is 0 Å². The summed E-state index contributed by atoms with van der Waals surface area (Å²) in [4.78, 5) is 0. The third-order valence-corrected chi connectivity index (χ3v) is 4.79. The van der Waals surface area contributed by atoms with E-state index in [2.05, 4.69) is 97.9 Å². The first-order valence-corrected chi connectivity index (χ1v) is 9.03. The van der Waals surface area contributed by atoms with Gasteiger partial charge in [0.1, 0.15) is 0 Å². The number of hydrogen-bond acceptors (Lipinski definition) is 0. The Morgan fingerprint density at radius 3 is 2.08 bits per heavy atom. The first-order chi connectivity index (χ1) is 12.4. The molecule has 0 fully saturated rings. The Balaban J connectivity index is 1.83. The lowest BCUT2D eigenvalue weighted by molar-refractivity contribution is 0.975. The fourth-order valence-corrected chi connectivity index (χ4v) is 3.62. The van der Waals surface area contributed by atoms with Crippen molar-refractivity contribution in [2.75, 3.05) is 0 Å². The molecule has 0 aromatic heterocycles. The zero-order valence-electron chi connectivity index (χ0n) is 14.6. The van der Waals surface area contributed by atoms with E-state index in [1.165, 1.54) is 45.4 Å². The second kappa shape index (κ2) is 6.94. The average Bonchev–Trinajstić information content (AvgIpc) is 3.01. The highest BCUT2D eigenvalue weighted by molar-refractivity contribution is 6.02. The van der Waals surface area contributed by atoms with Crippen molar-refractivity contribution in [3.05, 3.63) is 102 Å². The first kappa shape index (κ1) is 15.7. The summed E-state index contributed by atoms with van der Waals surface area (Å²) in [7, 11) is 0. The molecule has 4 rings (SSSR count). The standard InChI is InChI=1S/C25H22/c1-2-10-20-17-22(25-16-9-8-15-24(20)25)18-21-13-6-7-14-23(21)19-11-4-3-5-12-19/h3-9,11-18H,2,10H2,1H3/b22-18+. The van der Waals surface area contributed by atoms with Crippen molar-refractivity contribution in [2.45, 2.75) is 19.8 Å². The van der Waals surface area contributed by atoms with Gasteiger partial charge in [-0.05, 0) is 51.5 Å². The normalized spacial score (nSPS) is 14.4. The van der Waals surface area contributed by atoms with Gasteiger partial charge in [0.25, 0.3) is 0 Å². The predicted octanol–water partition coefficient (Wildman–Crippen LogP) is 7.09. The van der Waals surface area contributed by atoms with Crippen LogP contribution in [-0.4, -0.2) is 0 Å². The fourth-order valence-electron chi connectivity index (χ4n) is 3.62. The average molecular weight is 322 g/mol. The topological polar surface area (TPSA) is 0 Å². The van der Waals surface area contributed by atoms with Gasteiger partial charge in [0.05, 0.1) is 0 Å². The number of rotatable bonds is 4. The minimum Gasteiger partial charge on any atom is -0.0651 e. The molecule has 0 atom stereocenters. The quantitative estimate of drug-likeness (QED) is 0.481. The third-order valence-electron chi connectivity index (χ3n) is 4.79. The van der Waals surface area contributed by atoms with E-state index in [0.717, 1.165) is 6.42 Å². The summed E-state index contributed by atoms with van der Waals surface area (Å²) in [5, 5.41) is 0. The zero-order valence-corrected chi connectivity index (χ0v) is 14.6. The maximum atomic E-state index is 2.37. The van der Waals surface area contributed by atoms with Gasteiger partial charge < -0.3 is 0 Å². The van der Waals surface area contributed by atoms with Crippen LogP contribution in [0.1, 0.15) is 36.5 Å². The van der Waals surface area contributed by atoms with Gasteiger partial charge in [-0.1, -0.05) is 98.3 Å². The molecule has 0 radical (unpaired) electrons. The van der Waals surface area contributed by atoms with E-state index in [-0.39, 0.29) is 0 Å². The first-order valence-electron chi connectivity index (χ1n) is 9.03. The Morgan fingerprint density at radius 2 is 1.32 bits per heavy atom. The molecule has 0 bridgehead atoms. The number of hydrogen-bond donors (Lipinski definition) is 0. The minimum absolute atomic E-state index is 1.13. The van der Waals surface area contributed by atoms with Crippen molar-refractivity contribution in [1.82, 2.24) is 0 Å². The molecule has 3 aromatic carbocycles. The molecule has 0 heteroatoms. The monoisotopic (exact) mass is 322 g/mol. The van der Waals surface area contributed by atoms with Gasteiger partial charge in [-0.15, -0.1) is 0 Å². The fraction of sp³-hybridized carbons (Fsp3) is 0.120. The second-order valence-electron chi connectivity index (χ2n) is 6.52. The molecule has 25 heavy (non-hydrogen) atoms. The van der Waals surface area contributed by atoms with Crippen molar-refractivity contribution in [2.24, 2.45) is 0 Å². The van der Waals surface area contributed by atoms with Gasteiger partial charge in [-0.25, -0.2) is 0 Å². The molecule has 0 saturated carbocycles. The Bertz CT molecular complexity index is 943. The lowest BCUT2D eigenvalue weighted by atomic mass is 9.96. The number of allylic oxidation sites excluding steroid dienone is 3. The summed E-state index contributed by atoms with van der Waals surface area (Å²) < 4.78 is 0. The summed E-state index contributed by atoms with van der Waals surface area (Å²) in [6, 6.07) is 28.1. The van der Waals surface area contributed by atoms with Crippen LogP contribution in [0.25, 0.3) is 28.3 Å². The smallest absolute Gasteiger partial charge is 0.0108 e. The molecular weight excluding hydrogens is 300 g/mol.